The number of nitrogens with one attached hydrogen (secondary N) is 1. The second kappa shape index (κ2) is 6.69. The number of nitrogens with zero attached hydrogens (tertiary/aromatic N) is 2. The van der Waals surface area contributed by atoms with Crippen molar-refractivity contribution in [1.29, 1.82) is 0 Å². The number of methoxy groups -OCH3 is 1. The van der Waals surface area contributed by atoms with Crippen molar-refractivity contribution in [1.82, 2.24) is 14.8 Å². The number of sulfonamides is 1. The van der Waals surface area contributed by atoms with E-state index in [9.17, 15) is 18.3 Å². The van der Waals surface area contributed by atoms with E-state index in [1.165, 1.54) is 53.7 Å². The van der Waals surface area contributed by atoms with Crippen LogP contribution in [0.15, 0.2) is 34.7 Å². The number of hydroxylamine groups is 1. The minimum Gasteiger partial charge on any atom is -0.497 e. The van der Waals surface area contributed by atoms with Gasteiger partial charge in [0.05, 0.1) is 29.8 Å². The molecule has 11 heteroatoms. The first-order chi connectivity index (χ1) is 11.9. The van der Waals surface area contributed by atoms with Crippen LogP contribution < -0.4 is 10.2 Å². The highest BCUT2D eigenvalue weighted by Crippen LogP contribution is 2.36. The molecule has 0 spiro atoms. The molecule has 1 aromatic carbocycles. The minimum atomic E-state index is -4.12. The predicted octanol–water partition coefficient (Wildman–Crippen LogP) is 0.264. The molecule has 0 saturated carbocycles. The van der Waals surface area contributed by atoms with E-state index in [-0.39, 0.29) is 17.1 Å². The van der Waals surface area contributed by atoms with Crippen LogP contribution in [0.3, 0.4) is 0 Å². The molecule has 2 aromatic rings. The predicted molar refractivity (Wildman–Crippen MR) is 86.5 cm³/mol. The third kappa shape index (κ3) is 3.00. The molecule has 1 aliphatic rings. The number of rotatable bonds is 4. The Morgan fingerprint density at radius 1 is 1.40 bits per heavy atom. The summed E-state index contributed by atoms with van der Waals surface area (Å²) in [5.41, 5.74) is 3.11. The molecular weight excluding hydrogens is 370 g/mol. The molecule has 2 unspecified atom stereocenters. The SMILES string of the molecule is COc1ccc(S(=O)(=O)N2Cc3scnc3C(O)C2C(=O)NO)cc1. The van der Waals surface area contributed by atoms with Gasteiger partial charge in [0.1, 0.15) is 17.9 Å². The second-order valence-corrected chi connectivity index (χ2v) is 8.08. The number of fused-ring (bicyclic) bond motifs is 1. The summed E-state index contributed by atoms with van der Waals surface area (Å²) >= 11 is 1.18. The first kappa shape index (κ1) is 17.8. The fraction of sp³-hybridized carbons (Fsp3) is 0.286. The quantitative estimate of drug-likeness (QED) is 0.509. The number of benzene rings is 1. The molecule has 0 saturated heterocycles. The van der Waals surface area contributed by atoms with Gasteiger partial charge >= 0.3 is 0 Å². The average molecular weight is 385 g/mol. The maximum Gasteiger partial charge on any atom is 0.264 e. The van der Waals surface area contributed by atoms with Crippen molar-refractivity contribution in [2.24, 2.45) is 0 Å². The van der Waals surface area contributed by atoms with Crippen LogP contribution in [0, 0.1) is 0 Å². The van der Waals surface area contributed by atoms with Gasteiger partial charge in [-0.1, -0.05) is 0 Å². The number of aromatic nitrogens is 1. The summed E-state index contributed by atoms with van der Waals surface area (Å²) < 4.78 is 31.8. The van der Waals surface area contributed by atoms with Crippen molar-refractivity contribution in [3.8, 4) is 5.75 Å². The van der Waals surface area contributed by atoms with E-state index in [0.717, 1.165) is 4.31 Å². The van der Waals surface area contributed by atoms with Crippen molar-refractivity contribution < 1.29 is 28.3 Å². The van der Waals surface area contributed by atoms with E-state index in [4.69, 9.17) is 9.94 Å². The van der Waals surface area contributed by atoms with E-state index < -0.39 is 28.1 Å². The lowest BCUT2D eigenvalue weighted by Gasteiger charge is -2.35. The number of carbonyl (C=O) groups excluding carboxylic acids is 1. The Morgan fingerprint density at radius 2 is 2.08 bits per heavy atom. The molecule has 1 aromatic heterocycles. The summed E-state index contributed by atoms with van der Waals surface area (Å²) in [5.74, 6) is -0.560. The Labute approximate surface area is 147 Å². The molecule has 134 valence electrons. The zero-order valence-corrected chi connectivity index (χ0v) is 14.6. The molecule has 1 amide bonds. The van der Waals surface area contributed by atoms with Crippen molar-refractivity contribution in [2.75, 3.05) is 7.11 Å². The van der Waals surface area contributed by atoms with Crippen LogP contribution in [0.2, 0.25) is 0 Å². The number of hydrogen-bond acceptors (Lipinski definition) is 8. The van der Waals surface area contributed by atoms with Gasteiger partial charge in [-0.3, -0.25) is 10.0 Å². The Bertz CT molecular complexity index is 880. The molecule has 9 nitrogen and oxygen atoms in total. The van der Waals surface area contributed by atoms with Crippen molar-refractivity contribution in [2.45, 2.75) is 23.6 Å². The highest BCUT2D eigenvalue weighted by molar-refractivity contribution is 7.89. The van der Waals surface area contributed by atoms with Crippen molar-refractivity contribution >= 4 is 27.3 Å². The first-order valence-electron chi connectivity index (χ1n) is 7.10. The normalized spacial score (nSPS) is 20.8. The monoisotopic (exact) mass is 385 g/mol. The summed E-state index contributed by atoms with van der Waals surface area (Å²) in [4.78, 5) is 16.5. The number of thiazole rings is 1. The van der Waals surface area contributed by atoms with Gasteiger partial charge in [-0.15, -0.1) is 11.3 Å². The van der Waals surface area contributed by atoms with Gasteiger partial charge in [0, 0.05) is 4.88 Å². The molecule has 2 atom stereocenters. The molecule has 25 heavy (non-hydrogen) atoms. The van der Waals surface area contributed by atoms with Gasteiger partial charge in [-0.2, -0.15) is 4.31 Å². The third-order valence-corrected chi connectivity index (χ3v) is 6.58. The highest BCUT2D eigenvalue weighted by atomic mass is 32.2. The van der Waals surface area contributed by atoms with Gasteiger partial charge in [-0.05, 0) is 24.3 Å². The maximum absolute atomic E-state index is 13.0. The smallest absolute Gasteiger partial charge is 0.264 e. The molecule has 0 bridgehead atoms. The maximum atomic E-state index is 13.0. The minimum absolute atomic E-state index is 0.0656. The lowest BCUT2D eigenvalue weighted by molar-refractivity contribution is -0.137. The zero-order chi connectivity index (χ0) is 18.2. The summed E-state index contributed by atoms with van der Waals surface area (Å²) in [5, 5.41) is 19.4. The van der Waals surface area contributed by atoms with Crippen LogP contribution in [0.5, 0.6) is 5.75 Å². The van der Waals surface area contributed by atoms with E-state index in [1.54, 1.807) is 0 Å². The first-order valence-corrected chi connectivity index (χ1v) is 9.42. The molecule has 3 N–H and O–H groups in total. The van der Waals surface area contributed by atoms with Crippen LogP contribution >= 0.6 is 11.3 Å². The van der Waals surface area contributed by atoms with Crippen LogP contribution in [-0.4, -0.2) is 47.1 Å². The molecule has 2 heterocycles. The van der Waals surface area contributed by atoms with E-state index in [2.05, 4.69) is 4.98 Å². The van der Waals surface area contributed by atoms with Crippen LogP contribution in [-0.2, 0) is 21.4 Å². The van der Waals surface area contributed by atoms with E-state index in [0.29, 0.717) is 10.6 Å². The fourth-order valence-electron chi connectivity index (χ4n) is 2.64. The Balaban J connectivity index is 2.06. The topological polar surface area (TPSA) is 129 Å². The fourth-order valence-corrected chi connectivity index (χ4v) is 5.09. The molecule has 1 aliphatic heterocycles. The summed E-state index contributed by atoms with van der Waals surface area (Å²) in [6.45, 7) is -0.135. The molecule has 0 fully saturated rings. The summed E-state index contributed by atoms with van der Waals surface area (Å²) in [6.07, 6.45) is -1.49. The largest absolute Gasteiger partial charge is 0.497 e. The third-order valence-electron chi connectivity index (χ3n) is 3.91. The average Bonchev–Trinajstić information content (AvgIpc) is 3.10. The Hall–Kier alpha value is -2.05. The van der Waals surface area contributed by atoms with Gasteiger partial charge in [0.15, 0.2) is 0 Å². The molecule has 0 aliphatic carbocycles. The van der Waals surface area contributed by atoms with Gasteiger partial charge in [0.25, 0.3) is 5.91 Å². The Kier molecular flexibility index (Phi) is 4.75. The lowest BCUT2D eigenvalue weighted by Crippen LogP contribution is -2.53. The van der Waals surface area contributed by atoms with Gasteiger partial charge in [0.2, 0.25) is 10.0 Å². The molecule has 3 rings (SSSR count). The number of ether oxygens (including phenoxy) is 1. The number of aliphatic hydroxyl groups is 1. The molecular formula is C14H15N3O6S2. The number of aliphatic hydroxyl groups excluding tert-OH is 1. The standard InChI is InChI=1S/C14H15N3O6S2/c1-23-8-2-4-9(5-3-8)25(21,22)17-6-10-11(15-7-24-10)13(18)12(17)14(19)16-20/h2-5,7,12-13,18,20H,6H2,1H3,(H,16,19). The second-order valence-electron chi connectivity index (χ2n) is 5.25. The van der Waals surface area contributed by atoms with Gasteiger partial charge < -0.3 is 9.84 Å². The summed E-state index contributed by atoms with van der Waals surface area (Å²) in [7, 11) is -2.66. The van der Waals surface area contributed by atoms with Crippen LogP contribution in [0.1, 0.15) is 16.7 Å². The summed E-state index contributed by atoms with van der Waals surface area (Å²) in [6, 6.07) is 4.11. The zero-order valence-electron chi connectivity index (χ0n) is 13.0. The number of carbonyl (C=O) groups is 1. The number of hydrogen-bond donors (Lipinski definition) is 3. The van der Waals surface area contributed by atoms with E-state index in [1.807, 2.05) is 0 Å². The Morgan fingerprint density at radius 3 is 2.68 bits per heavy atom. The van der Waals surface area contributed by atoms with Gasteiger partial charge in [-0.25, -0.2) is 18.9 Å². The van der Waals surface area contributed by atoms with Crippen LogP contribution in [0.25, 0.3) is 0 Å². The lowest BCUT2D eigenvalue weighted by atomic mass is 10.0. The molecule has 0 radical (unpaired) electrons. The van der Waals surface area contributed by atoms with Crippen LogP contribution in [0.4, 0.5) is 0 Å². The van der Waals surface area contributed by atoms with Crippen molar-refractivity contribution in [3.05, 3.63) is 40.3 Å². The number of amides is 1. The van der Waals surface area contributed by atoms with Crippen molar-refractivity contribution in [3.63, 3.8) is 0 Å². The van der Waals surface area contributed by atoms with E-state index >= 15 is 0 Å². The highest BCUT2D eigenvalue weighted by Gasteiger charge is 2.46.